The van der Waals surface area contributed by atoms with Gasteiger partial charge in [-0.25, -0.2) is 13.2 Å². The molecule has 2 atom stereocenters. The fourth-order valence-corrected chi connectivity index (χ4v) is 3.22. The molecule has 0 spiro atoms. The number of nitrogens with one attached hydrogen (secondary N) is 1. The Morgan fingerprint density at radius 2 is 1.96 bits per heavy atom. The van der Waals surface area contributed by atoms with Gasteiger partial charge in [-0.05, 0) is 29.8 Å². The highest BCUT2D eigenvalue weighted by atomic mass is 19.2. The van der Waals surface area contributed by atoms with Crippen molar-refractivity contribution >= 4 is 17.5 Å². The SMILES string of the molecule is COc1cc(F)cc(C2CN(C)C(=O)C2C(=O)Nc2cccc(F)c2F)c1. The molecule has 1 fully saturated rings. The summed E-state index contributed by atoms with van der Waals surface area (Å²) in [7, 11) is 2.89. The number of rotatable bonds is 4. The van der Waals surface area contributed by atoms with Crippen molar-refractivity contribution in [2.75, 3.05) is 26.0 Å². The van der Waals surface area contributed by atoms with E-state index in [1.807, 2.05) is 0 Å². The van der Waals surface area contributed by atoms with Crippen molar-refractivity contribution in [1.29, 1.82) is 0 Å². The first kappa shape index (κ1) is 18.8. The summed E-state index contributed by atoms with van der Waals surface area (Å²) >= 11 is 0. The van der Waals surface area contributed by atoms with Crippen LogP contribution < -0.4 is 10.1 Å². The molecule has 8 heteroatoms. The van der Waals surface area contributed by atoms with E-state index in [0.717, 1.165) is 6.07 Å². The Hall–Kier alpha value is -3.03. The summed E-state index contributed by atoms with van der Waals surface area (Å²) in [5, 5.41) is 2.26. The lowest BCUT2D eigenvalue weighted by Gasteiger charge is -2.18. The number of likely N-dealkylation sites (tertiary alicyclic amines) is 1. The fraction of sp³-hybridized carbons (Fsp3) is 0.263. The van der Waals surface area contributed by atoms with Crippen LogP contribution in [0.1, 0.15) is 11.5 Å². The van der Waals surface area contributed by atoms with Crippen LogP contribution in [0, 0.1) is 23.4 Å². The molecule has 1 aliphatic rings. The smallest absolute Gasteiger partial charge is 0.237 e. The molecule has 1 heterocycles. The molecule has 2 amide bonds. The van der Waals surface area contributed by atoms with Crippen LogP contribution in [0.25, 0.3) is 0 Å². The first-order valence-electron chi connectivity index (χ1n) is 8.16. The van der Waals surface area contributed by atoms with Crippen LogP contribution in [-0.2, 0) is 9.59 Å². The minimum absolute atomic E-state index is 0.176. The number of methoxy groups -OCH3 is 1. The van der Waals surface area contributed by atoms with E-state index < -0.39 is 41.1 Å². The number of carbonyl (C=O) groups excluding carboxylic acids is 2. The molecule has 1 saturated heterocycles. The van der Waals surface area contributed by atoms with Crippen molar-refractivity contribution < 1.29 is 27.5 Å². The second-order valence-corrected chi connectivity index (χ2v) is 6.32. The molecule has 2 aromatic rings. The van der Waals surface area contributed by atoms with Gasteiger partial charge in [-0.15, -0.1) is 0 Å². The number of likely N-dealkylation sites (N-methyl/N-ethyl adjacent to an activating group) is 1. The van der Waals surface area contributed by atoms with E-state index in [0.29, 0.717) is 5.56 Å². The topological polar surface area (TPSA) is 58.6 Å². The number of benzene rings is 2. The van der Waals surface area contributed by atoms with Gasteiger partial charge in [-0.3, -0.25) is 9.59 Å². The second kappa shape index (κ2) is 7.30. The summed E-state index contributed by atoms with van der Waals surface area (Å²) in [5.74, 6) is -5.79. The van der Waals surface area contributed by atoms with Gasteiger partial charge in [0.2, 0.25) is 11.8 Å². The quantitative estimate of drug-likeness (QED) is 0.833. The third-order valence-corrected chi connectivity index (χ3v) is 4.56. The molecule has 0 aromatic heterocycles. The molecule has 142 valence electrons. The maximum absolute atomic E-state index is 13.9. The highest BCUT2D eigenvalue weighted by Crippen LogP contribution is 2.36. The van der Waals surface area contributed by atoms with Crippen LogP contribution in [0.15, 0.2) is 36.4 Å². The van der Waals surface area contributed by atoms with E-state index in [1.54, 1.807) is 6.07 Å². The monoisotopic (exact) mass is 378 g/mol. The Bertz CT molecular complexity index is 904. The van der Waals surface area contributed by atoms with Gasteiger partial charge in [-0.1, -0.05) is 6.07 Å². The summed E-state index contributed by atoms with van der Waals surface area (Å²) in [5.41, 5.74) is 0.0438. The number of ether oxygens (including phenoxy) is 1. The Balaban J connectivity index is 1.93. The van der Waals surface area contributed by atoms with Crippen molar-refractivity contribution in [2.45, 2.75) is 5.92 Å². The lowest BCUT2D eigenvalue weighted by Crippen LogP contribution is -2.33. The molecular formula is C19H17F3N2O3. The fourth-order valence-electron chi connectivity index (χ4n) is 3.22. The van der Waals surface area contributed by atoms with Crippen LogP contribution in [0.2, 0.25) is 0 Å². The minimum Gasteiger partial charge on any atom is -0.497 e. The lowest BCUT2D eigenvalue weighted by molar-refractivity contribution is -0.135. The first-order chi connectivity index (χ1) is 12.8. The summed E-state index contributed by atoms with van der Waals surface area (Å²) < 4.78 is 46.1. The van der Waals surface area contributed by atoms with Crippen molar-refractivity contribution in [3.63, 3.8) is 0 Å². The van der Waals surface area contributed by atoms with Crippen molar-refractivity contribution in [3.8, 4) is 5.75 Å². The predicted molar refractivity (Wildman–Crippen MR) is 91.8 cm³/mol. The Kier molecular flexibility index (Phi) is 5.07. The molecule has 1 N–H and O–H groups in total. The zero-order chi connectivity index (χ0) is 19.7. The second-order valence-electron chi connectivity index (χ2n) is 6.32. The van der Waals surface area contributed by atoms with E-state index in [-0.39, 0.29) is 18.0 Å². The Labute approximate surface area is 153 Å². The molecule has 0 aliphatic carbocycles. The highest BCUT2D eigenvalue weighted by molar-refractivity contribution is 6.08. The van der Waals surface area contributed by atoms with E-state index in [2.05, 4.69) is 5.32 Å². The first-order valence-corrected chi connectivity index (χ1v) is 8.16. The van der Waals surface area contributed by atoms with Gasteiger partial charge in [0.05, 0.1) is 12.8 Å². The summed E-state index contributed by atoms with van der Waals surface area (Å²) in [6.07, 6.45) is 0. The average Bonchev–Trinajstić information content (AvgIpc) is 2.93. The third-order valence-electron chi connectivity index (χ3n) is 4.56. The molecule has 3 rings (SSSR count). The van der Waals surface area contributed by atoms with Gasteiger partial charge in [0.15, 0.2) is 11.6 Å². The van der Waals surface area contributed by atoms with Gasteiger partial charge < -0.3 is 15.0 Å². The number of hydrogen-bond donors (Lipinski definition) is 1. The number of anilines is 1. The normalized spacial score (nSPS) is 19.3. The Morgan fingerprint density at radius 3 is 2.67 bits per heavy atom. The number of nitrogens with zero attached hydrogens (tertiary/aromatic N) is 1. The van der Waals surface area contributed by atoms with Gasteiger partial charge in [0, 0.05) is 25.6 Å². The van der Waals surface area contributed by atoms with Crippen LogP contribution in [0.3, 0.4) is 0 Å². The minimum atomic E-state index is -1.21. The molecule has 2 unspecified atom stereocenters. The molecule has 2 aromatic carbocycles. The molecule has 0 saturated carbocycles. The van der Waals surface area contributed by atoms with Crippen LogP contribution in [0.5, 0.6) is 5.75 Å². The highest BCUT2D eigenvalue weighted by Gasteiger charge is 2.44. The molecule has 0 radical (unpaired) electrons. The van der Waals surface area contributed by atoms with Gasteiger partial charge in [0.25, 0.3) is 0 Å². The third kappa shape index (κ3) is 3.60. The number of carbonyl (C=O) groups is 2. The standard InChI is InChI=1S/C19H17F3N2O3/c1-24-9-13(10-6-11(20)8-12(7-10)27-2)16(19(24)26)18(25)23-15-5-3-4-14(21)17(15)22/h3-8,13,16H,9H2,1-2H3,(H,23,25). The number of halogens is 3. The molecule has 27 heavy (non-hydrogen) atoms. The summed E-state index contributed by atoms with van der Waals surface area (Å²) in [6.45, 7) is 0.176. The zero-order valence-electron chi connectivity index (χ0n) is 14.6. The van der Waals surface area contributed by atoms with Gasteiger partial charge >= 0.3 is 0 Å². The Morgan fingerprint density at radius 1 is 1.22 bits per heavy atom. The van der Waals surface area contributed by atoms with Crippen LogP contribution >= 0.6 is 0 Å². The number of amides is 2. The van der Waals surface area contributed by atoms with Crippen LogP contribution in [0.4, 0.5) is 18.9 Å². The molecular weight excluding hydrogens is 361 g/mol. The van der Waals surface area contributed by atoms with E-state index >= 15 is 0 Å². The molecule has 1 aliphatic heterocycles. The molecule has 5 nitrogen and oxygen atoms in total. The van der Waals surface area contributed by atoms with E-state index in [4.69, 9.17) is 4.74 Å². The van der Waals surface area contributed by atoms with Crippen molar-refractivity contribution in [2.24, 2.45) is 5.92 Å². The average molecular weight is 378 g/mol. The zero-order valence-corrected chi connectivity index (χ0v) is 14.6. The van der Waals surface area contributed by atoms with Crippen molar-refractivity contribution in [3.05, 3.63) is 59.4 Å². The van der Waals surface area contributed by atoms with Crippen LogP contribution in [-0.4, -0.2) is 37.4 Å². The maximum atomic E-state index is 13.9. The van der Waals surface area contributed by atoms with Crippen molar-refractivity contribution in [1.82, 2.24) is 4.90 Å². The summed E-state index contributed by atoms with van der Waals surface area (Å²) in [4.78, 5) is 26.5. The number of hydrogen-bond acceptors (Lipinski definition) is 3. The summed E-state index contributed by atoms with van der Waals surface area (Å²) in [6, 6.07) is 7.31. The van der Waals surface area contributed by atoms with Gasteiger partial charge in [0.1, 0.15) is 17.5 Å². The van der Waals surface area contributed by atoms with E-state index in [9.17, 15) is 22.8 Å². The largest absolute Gasteiger partial charge is 0.497 e. The van der Waals surface area contributed by atoms with Gasteiger partial charge in [-0.2, -0.15) is 0 Å². The van der Waals surface area contributed by atoms with E-state index in [1.165, 1.54) is 43.3 Å². The lowest BCUT2D eigenvalue weighted by atomic mass is 9.87. The maximum Gasteiger partial charge on any atom is 0.237 e. The molecule has 0 bridgehead atoms. The predicted octanol–water partition coefficient (Wildman–Crippen LogP) is 2.92.